The number of hydrogen-bond donors (Lipinski definition) is 3. The van der Waals surface area contributed by atoms with Crippen LogP contribution >= 0.6 is 22.9 Å². The summed E-state index contributed by atoms with van der Waals surface area (Å²) in [5.74, 6) is -4.84. The Morgan fingerprint density at radius 3 is 1.88 bits per heavy atom. The van der Waals surface area contributed by atoms with E-state index in [4.69, 9.17) is 16.3 Å². The van der Waals surface area contributed by atoms with E-state index in [2.05, 4.69) is 22.0 Å². The van der Waals surface area contributed by atoms with Gasteiger partial charge in [-0.1, -0.05) is 62.6 Å². The third-order valence-electron chi connectivity index (χ3n) is 13.3. The second-order valence-corrected chi connectivity index (χ2v) is 20.8. The molecule has 370 valence electrons. The number of nitrogens with one attached hydrogen (secondary N) is 3. The van der Waals surface area contributed by atoms with Crippen LogP contribution in [-0.4, -0.2) is 120 Å². The van der Waals surface area contributed by atoms with Crippen molar-refractivity contribution in [2.24, 2.45) is 11.8 Å². The van der Waals surface area contributed by atoms with E-state index in [1.807, 2.05) is 57.4 Å². The lowest BCUT2D eigenvalue weighted by molar-refractivity contribution is -0.163. The minimum Gasteiger partial charge on any atom is -0.451 e. The number of fused-ring (bicyclic) bond motifs is 1. The van der Waals surface area contributed by atoms with Crippen molar-refractivity contribution < 1.29 is 38.3 Å². The number of likely N-dealkylation sites (N-methyl/N-ethyl adjacent to an activating group) is 3. The Bertz CT molecular complexity index is 2290. The summed E-state index contributed by atoms with van der Waals surface area (Å²) in [5.41, 5.74) is 2.70. The molecule has 15 nitrogen and oxygen atoms in total. The SMILES string of the molecule is CC(C)C[C@@H]1NC(=O)[C@H](Cc2csc3ccc(Cl)cc23)N(C)C(=O)[C@H](CC2=CCCCC2)NC(=O)[C@H](CC(C)C)N(C)C(=O)[C@H](CC2=CCCC2)NC(=O)[C@@H](CCC#N)OC(=O)[C@H](C)N(C)C1=O. The molecule has 17 heteroatoms. The van der Waals surface area contributed by atoms with Gasteiger partial charge in [-0.25, -0.2) is 4.79 Å². The molecule has 3 N–H and O–H groups in total. The minimum absolute atomic E-state index is 0.0368. The lowest BCUT2D eigenvalue weighted by Gasteiger charge is -2.35. The molecule has 1 fully saturated rings. The number of amides is 6. The van der Waals surface area contributed by atoms with Crippen molar-refractivity contribution in [3.63, 3.8) is 0 Å². The van der Waals surface area contributed by atoms with Crippen molar-refractivity contribution in [1.82, 2.24) is 30.7 Å². The maximum Gasteiger partial charge on any atom is 0.329 e. The smallest absolute Gasteiger partial charge is 0.329 e. The molecule has 68 heavy (non-hydrogen) atoms. The van der Waals surface area contributed by atoms with Gasteiger partial charge in [0.1, 0.15) is 36.3 Å². The molecule has 2 aliphatic carbocycles. The Labute approximate surface area is 410 Å². The first-order valence-corrected chi connectivity index (χ1v) is 25.3. The number of carbonyl (C=O) groups excluding carboxylic acids is 7. The van der Waals surface area contributed by atoms with Crippen LogP contribution in [-0.2, 0) is 44.7 Å². The number of halogens is 1. The zero-order valence-electron chi connectivity index (χ0n) is 40.9. The Hall–Kier alpha value is -5.27. The third kappa shape index (κ3) is 14.2. The number of hydrogen-bond acceptors (Lipinski definition) is 10. The number of cyclic esters (lactones) is 1. The first-order chi connectivity index (χ1) is 32.3. The lowest BCUT2D eigenvalue weighted by Crippen LogP contribution is -2.60. The minimum atomic E-state index is -1.50. The van der Waals surface area contributed by atoms with Gasteiger partial charge in [0.15, 0.2) is 6.10 Å². The van der Waals surface area contributed by atoms with Crippen LogP contribution in [0.25, 0.3) is 10.1 Å². The van der Waals surface area contributed by atoms with Gasteiger partial charge in [0.2, 0.25) is 29.5 Å². The molecule has 0 bridgehead atoms. The van der Waals surface area contributed by atoms with Crippen LogP contribution in [0.15, 0.2) is 46.9 Å². The number of carbonyl (C=O) groups is 7. The summed E-state index contributed by atoms with van der Waals surface area (Å²) in [7, 11) is 4.44. The number of rotatable bonds is 12. The molecule has 1 aromatic heterocycles. The number of ether oxygens (including phenoxy) is 1. The highest BCUT2D eigenvalue weighted by Crippen LogP contribution is 2.31. The number of benzene rings is 1. The average molecular weight is 977 g/mol. The molecule has 1 saturated heterocycles. The molecule has 7 atom stereocenters. The molecule has 5 rings (SSSR count). The zero-order chi connectivity index (χ0) is 49.8. The van der Waals surface area contributed by atoms with Crippen LogP contribution in [0.2, 0.25) is 5.02 Å². The van der Waals surface area contributed by atoms with Crippen molar-refractivity contribution >= 4 is 74.4 Å². The van der Waals surface area contributed by atoms with Crippen LogP contribution in [0.1, 0.15) is 124 Å². The molecular weight excluding hydrogens is 906 g/mol. The second-order valence-electron chi connectivity index (χ2n) is 19.5. The Morgan fingerprint density at radius 1 is 0.735 bits per heavy atom. The van der Waals surface area contributed by atoms with Gasteiger partial charge in [0.05, 0.1) is 6.07 Å². The highest BCUT2D eigenvalue weighted by Gasteiger charge is 2.41. The monoisotopic (exact) mass is 975 g/mol. The summed E-state index contributed by atoms with van der Waals surface area (Å²) >= 11 is 7.93. The molecule has 1 aromatic carbocycles. The molecule has 6 amide bonds. The largest absolute Gasteiger partial charge is 0.451 e. The van der Waals surface area contributed by atoms with Gasteiger partial charge in [-0.3, -0.25) is 28.8 Å². The number of nitriles is 1. The van der Waals surface area contributed by atoms with Crippen molar-refractivity contribution in [1.29, 1.82) is 5.26 Å². The van der Waals surface area contributed by atoms with Gasteiger partial charge in [0, 0.05) is 50.1 Å². The quantitative estimate of drug-likeness (QED) is 0.152. The van der Waals surface area contributed by atoms with Gasteiger partial charge < -0.3 is 35.4 Å². The predicted molar refractivity (Wildman–Crippen MR) is 263 cm³/mol. The molecule has 1 aliphatic heterocycles. The second kappa shape index (κ2) is 24.8. The van der Waals surface area contributed by atoms with Gasteiger partial charge in [0.25, 0.3) is 5.91 Å². The van der Waals surface area contributed by atoms with E-state index in [-0.39, 0.29) is 56.8 Å². The normalized spacial score (nSPS) is 25.7. The van der Waals surface area contributed by atoms with E-state index in [1.54, 1.807) is 6.07 Å². The number of esters is 1. The zero-order valence-corrected chi connectivity index (χ0v) is 42.5. The summed E-state index contributed by atoms with van der Waals surface area (Å²) in [6, 6.07) is 0.480. The first-order valence-electron chi connectivity index (χ1n) is 24.1. The molecule has 0 unspecified atom stereocenters. The summed E-state index contributed by atoms with van der Waals surface area (Å²) < 4.78 is 6.70. The van der Waals surface area contributed by atoms with Gasteiger partial charge in [-0.15, -0.1) is 11.3 Å². The van der Waals surface area contributed by atoms with Gasteiger partial charge >= 0.3 is 5.97 Å². The fourth-order valence-corrected chi connectivity index (χ4v) is 10.3. The van der Waals surface area contributed by atoms with Crippen molar-refractivity contribution in [2.75, 3.05) is 21.1 Å². The molecule has 0 spiro atoms. The standard InChI is InChI=1S/C51H70ClN7O8S/c1-30(2)23-38-48(63)57(6)32(5)51(66)67-43(19-14-22-53)47(62)56-40(26-34-17-12-13-18-34)50(65)58(7)41(24-31(3)4)45(60)55-39(25-33-15-10-9-11-16-33)49(64)59(8)42(46(61)54-38)27-35-29-68-44-21-20-36(52)28-37(35)44/h15,17,20-21,28-32,38-43H,9-14,16,18-19,23-27H2,1-8H3,(H,54,61)(H,55,60)(H,56,62)/t32-,38-,39-,40-,41-,42-,43+/m0/s1. The van der Waals surface area contributed by atoms with E-state index in [9.17, 15) is 34.0 Å². The van der Waals surface area contributed by atoms with Gasteiger partial charge in [-0.2, -0.15) is 5.26 Å². The third-order valence-corrected chi connectivity index (χ3v) is 14.5. The highest BCUT2D eigenvalue weighted by molar-refractivity contribution is 7.17. The van der Waals surface area contributed by atoms with Crippen molar-refractivity contribution in [2.45, 2.75) is 167 Å². The maximum atomic E-state index is 15.2. The Morgan fingerprint density at radius 2 is 1.29 bits per heavy atom. The van der Waals surface area contributed by atoms with E-state index in [0.717, 1.165) is 70.2 Å². The first kappa shape index (κ1) is 53.7. The van der Waals surface area contributed by atoms with Crippen LogP contribution in [0.5, 0.6) is 0 Å². The van der Waals surface area contributed by atoms with Crippen molar-refractivity contribution in [3.05, 3.63) is 57.5 Å². The van der Waals surface area contributed by atoms with E-state index >= 15 is 4.79 Å². The summed E-state index contributed by atoms with van der Waals surface area (Å²) in [4.78, 5) is 106. The maximum absolute atomic E-state index is 15.2. The fraction of sp³-hybridized carbons (Fsp3) is 0.608. The van der Waals surface area contributed by atoms with Crippen LogP contribution in [0.3, 0.4) is 0 Å². The number of nitrogens with zero attached hydrogens (tertiary/aromatic N) is 4. The Kier molecular flexibility index (Phi) is 19.6. The lowest BCUT2D eigenvalue weighted by atomic mass is 9.92. The average Bonchev–Trinajstić information content (AvgIpc) is 3.98. The van der Waals surface area contributed by atoms with E-state index < -0.39 is 83.8 Å². The van der Waals surface area contributed by atoms with Crippen LogP contribution in [0, 0.1) is 23.2 Å². The highest BCUT2D eigenvalue weighted by atomic mass is 35.5. The Balaban J connectivity index is 1.65. The van der Waals surface area contributed by atoms with Gasteiger partial charge in [-0.05, 0) is 124 Å². The predicted octanol–water partition coefficient (Wildman–Crippen LogP) is 6.76. The summed E-state index contributed by atoms with van der Waals surface area (Å²) in [5, 5.41) is 21.6. The number of allylic oxidation sites excluding steroid dienone is 2. The fourth-order valence-electron chi connectivity index (χ4n) is 9.22. The number of thiophene rings is 1. The van der Waals surface area contributed by atoms with E-state index in [0.29, 0.717) is 11.4 Å². The van der Waals surface area contributed by atoms with Crippen molar-refractivity contribution in [3.8, 4) is 6.07 Å². The molecule has 2 aromatic rings. The topological polar surface area (TPSA) is 198 Å². The molecular formula is C51H70ClN7O8S. The van der Waals surface area contributed by atoms with E-state index in [1.165, 1.54) is 49.2 Å². The molecule has 3 aliphatic rings. The van der Waals surface area contributed by atoms with Crippen LogP contribution < -0.4 is 16.0 Å². The molecule has 0 saturated carbocycles. The summed E-state index contributed by atoms with van der Waals surface area (Å²) in [6.07, 6.45) is 8.89. The molecule has 2 heterocycles. The summed E-state index contributed by atoms with van der Waals surface area (Å²) in [6.45, 7) is 9.07. The van der Waals surface area contributed by atoms with Crippen LogP contribution in [0.4, 0.5) is 0 Å². The molecule has 0 radical (unpaired) electrons.